The van der Waals surface area contributed by atoms with E-state index in [9.17, 15) is 18.0 Å². The van der Waals surface area contributed by atoms with Crippen LogP contribution in [-0.2, 0) is 19.4 Å². The minimum absolute atomic E-state index is 0.0335. The standard InChI is InChI=1S/C22H28ClN3O5S/c1-4-5-11-25(19-10-12-32(29,30)14-19)20(27)13-31-22(28)17-6-8-18(9-7-17)26-16(3)21(23)15(2)24-26/h6-9,19H,4-5,10-14H2,1-3H3. The molecule has 1 fully saturated rings. The quantitative estimate of drug-likeness (QED) is 0.537. The SMILES string of the molecule is CCCCN(C(=O)COC(=O)c1ccc(-n2nc(C)c(Cl)c2C)cc1)C1CCS(=O)(=O)C1. The molecule has 1 atom stereocenters. The zero-order valence-corrected chi connectivity index (χ0v) is 20.1. The molecule has 3 rings (SSSR count). The van der Waals surface area contributed by atoms with Gasteiger partial charge in [-0.25, -0.2) is 17.9 Å². The molecule has 1 aromatic heterocycles. The van der Waals surface area contributed by atoms with Crippen LogP contribution in [0, 0.1) is 13.8 Å². The van der Waals surface area contributed by atoms with Crippen LogP contribution in [0.1, 0.15) is 47.9 Å². The fourth-order valence-electron chi connectivity index (χ4n) is 3.77. The third-order valence-electron chi connectivity index (χ3n) is 5.60. The second-order valence-corrected chi connectivity index (χ2v) is 10.6. The predicted molar refractivity (Wildman–Crippen MR) is 122 cm³/mol. The molecule has 0 bridgehead atoms. The molecule has 2 heterocycles. The summed E-state index contributed by atoms with van der Waals surface area (Å²) < 4.78 is 30.6. The smallest absolute Gasteiger partial charge is 0.338 e. The molecule has 8 nitrogen and oxygen atoms in total. The number of sulfone groups is 1. The van der Waals surface area contributed by atoms with Crippen molar-refractivity contribution in [1.29, 1.82) is 0 Å². The maximum absolute atomic E-state index is 12.7. The lowest BCUT2D eigenvalue weighted by Gasteiger charge is -2.28. The summed E-state index contributed by atoms with van der Waals surface area (Å²) in [5, 5.41) is 4.97. The Kier molecular flexibility index (Phi) is 7.61. The fraction of sp³-hybridized carbons (Fsp3) is 0.500. The van der Waals surface area contributed by atoms with E-state index < -0.39 is 22.4 Å². The van der Waals surface area contributed by atoms with Gasteiger partial charge in [0.2, 0.25) is 0 Å². The molecule has 1 unspecified atom stereocenters. The summed E-state index contributed by atoms with van der Waals surface area (Å²) >= 11 is 6.19. The number of esters is 1. The largest absolute Gasteiger partial charge is 0.452 e. The van der Waals surface area contributed by atoms with Gasteiger partial charge >= 0.3 is 5.97 Å². The molecule has 32 heavy (non-hydrogen) atoms. The highest BCUT2D eigenvalue weighted by molar-refractivity contribution is 7.91. The average molecular weight is 482 g/mol. The normalized spacial score (nSPS) is 17.3. The van der Waals surface area contributed by atoms with Crippen molar-refractivity contribution in [3.05, 3.63) is 46.2 Å². The van der Waals surface area contributed by atoms with Crippen molar-refractivity contribution in [2.24, 2.45) is 0 Å². The van der Waals surface area contributed by atoms with Gasteiger partial charge in [-0.2, -0.15) is 5.10 Å². The molecule has 0 saturated carbocycles. The molecule has 0 N–H and O–H groups in total. The van der Waals surface area contributed by atoms with Crippen LogP contribution >= 0.6 is 11.6 Å². The number of hydrogen-bond donors (Lipinski definition) is 0. The Morgan fingerprint density at radius 3 is 2.47 bits per heavy atom. The Hall–Kier alpha value is -2.39. The lowest BCUT2D eigenvalue weighted by molar-refractivity contribution is -0.136. The lowest BCUT2D eigenvalue weighted by atomic mass is 10.2. The molecule has 1 amide bonds. The van der Waals surface area contributed by atoms with Gasteiger partial charge < -0.3 is 9.64 Å². The fourth-order valence-corrected chi connectivity index (χ4v) is 5.62. The van der Waals surface area contributed by atoms with E-state index in [1.807, 2.05) is 20.8 Å². The summed E-state index contributed by atoms with van der Waals surface area (Å²) in [4.78, 5) is 26.7. The number of aryl methyl sites for hydroxylation is 1. The molecular weight excluding hydrogens is 454 g/mol. The van der Waals surface area contributed by atoms with Gasteiger partial charge in [0.25, 0.3) is 5.91 Å². The van der Waals surface area contributed by atoms with Crippen LogP contribution in [0.5, 0.6) is 0 Å². The molecule has 10 heteroatoms. The number of halogens is 1. The van der Waals surface area contributed by atoms with E-state index in [4.69, 9.17) is 16.3 Å². The molecule has 1 aromatic carbocycles. The second-order valence-electron chi connectivity index (χ2n) is 8.02. The summed E-state index contributed by atoms with van der Waals surface area (Å²) in [5.74, 6) is -0.942. The number of carbonyl (C=O) groups is 2. The first-order valence-electron chi connectivity index (χ1n) is 10.6. The Labute approximate surface area is 193 Å². The van der Waals surface area contributed by atoms with Crippen molar-refractivity contribution in [3.8, 4) is 5.69 Å². The maximum atomic E-state index is 12.7. The van der Waals surface area contributed by atoms with Gasteiger partial charge in [-0.3, -0.25) is 4.79 Å². The number of ether oxygens (including phenoxy) is 1. The highest BCUT2D eigenvalue weighted by atomic mass is 35.5. The molecule has 0 radical (unpaired) electrons. The number of nitrogens with zero attached hydrogens (tertiary/aromatic N) is 3. The molecule has 1 saturated heterocycles. The number of benzene rings is 1. The van der Waals surface area contributed by atoms with Crippen LogP contribution in [0.25, 0.3) is 5.69 Å². The summed E-state index contributed by atoms with van der Waals surface area (Å²) in [6.45, 7) is 5.70. The zero-order chi connectivity index (χ0) is 23.5. The van der Waals surface area contributed by atoms with Gasteiger partial charge in [0.05, 0.1) is 39.2 Å². The van der Waals surface area contributed by atoms with E-state index in [0.717, 1.165) is 24.2 Å². The Morgan fingerprint density at radius 1 is 1.25 bits per heavy atom. The van der Waals surface area contributed by atoms with Crippen molar-refractivity contribution >= 4 is 33.3 Å². The van der Waals surface area contributed by atoms with Crippen LogP contribution in [-0.4, -0.2) is 65.7 Å². The average Bonchev–Trinajstić information content (AvgIpc) is 3.25. The third-order valence-corrected chi connectivity index (χ3v) is 7.90. The van der Waals surface area contributed by atoms with Crippen LogP contribution < -0.4 is 0 Å². The van der Waals surface area contributed by atoms with Crippen molar-refractivity contribution in [2.45, 2.75) is 46.1 Å². The summed E-state index contributed by atoms with van der Waals surface area (Å²) in [7, 11) is -3.12. The van der Waals surface area contributed by atoms with E-state index in [2.05, 4.69) is 5.10 Å². The number of aromatic nitrogens is 2. The molecule has 2 aromatic rings. The van der Waals surface area contributed by atoms with E-state index in [0.29, 0.717) is 29.2 Å². The van der Waals surface area contributed by atoms with Crippen LogP contribution in [0.2, 0.25) is 5.02 Å². The highest BCUT2D eigenvalue weighted by Crippen LogP contribution is 2.23. The van der Waals surface area contributed by atoms with Gasteiger partial charge in [0.1, 0.15) is 0 Å². The Morgan fingerprint density at radius 2 is 1.94 bits per heavy atom. The first-order chi connectivity index (χ1) is 15.1. The van der Waals surface area contributed by atoms with E-state index >= 15 is 0 Å². The van der Waals surface area contributed by atoms with Crippen molar-refractivity contribution < 1.29 is 22.7 Å². The van der Waals surface area contributed by atoms with Crippen molar-refractivity contribution in [3.63, 3.8) is 0 Å². The third kappa shape index (κ3) is 5.50. The molecule has 1 aliphatic heterocycles. The summed E-state index contributed by atoms with van der Waals surface area (Å²) in [6, 6.07) is 6.30. The van der Waals surface area contributed by atoms with Gasteiger partial charge in [0.15, 0.2) is 16.4 Å². The first kappa shape index (κ1) is 24.3. The van der Waals surface area contributed by atoms with Crippen LogP contribution in [0.4, 0.5) is 0 Å². The lowest BCUT2D eigenvalue weighted by Crippen LogP contribution is -2.43. The minimum Gasteiger partial charge on any atom is -0.452 e. The maximum Gasteiger partial charge on any atom is 0.338 e. The molecule has 0 aliphatic carbocycles. The van der Waals surface area contributed by atoms with Crippen molar-refractivity contribution in [1.82, 2.24) is 14.7 Å². The number of amides is 1. The van der Waals surface area contributed by atoms with E-state index in [-0.39, 0.29) is 23.5 Å². The predicted octanol–water partition coefficient (Wildman–Crippen LogP) is 3.12. The Balaban J connectivity index is 1.63. The van der Waals surface area contributed by atoms with Gasteiger partial charge in [-0.05, 0) is 51.0 Å². The molecule has 0 spiro atoms. The van der Waals surface area contributed by atoms with Crippen LogP contribution in [0.3, 0.4) is 0 Å². The number of carbonyl (C=O) groups excluding carboxylic acids is 2. The zero-order valence-electron chi connectivity index (χ0n) is 18.5. The minimum atomic E-state index is -3.12. The summed E-state index contributed by atoms with van der Waals surface area (Å²) in [6.07, 6.45) is 2.05. The monoisotopic (exact) mass is 481 g/mol. The second kappa shape index (κ2) is 10.0. The molecule has 1 aliphatic rings. The van der Waals surface area contributed by atoms with Gasteiger partial charge in [-0.15, -0.1) is 0 Å². The van der Waals surface area contributed by atoms with E-state index in [1.54, 1.807) is 33.8 Å². The van der Waals surface area contributed by atoms with Gasteiger partial charge in [0, 0.05) is 12.6 Å². The van der Waals surface area contributed by atoms with E-state index in [1.165, 1.54) is 0 Å². The first-order valence-corrected chi connectivity index (χ1v) is 12.8. The topological polar surface area (TPSA) is 98.6 Å². The number of hydrogen-bond acceptors (Lipinski definition) is 6. The van der Waals surface area contributed by atoms with Crippen LogP contribution in [0.15, 0.2) is 24.3 Å². The molecule has 174 valence electrons. The Bertz CT molecular complexity index is 1100. The highest BCUT2D eigenvalue weighted by Gasteiger charge is 2.34. The number of rotatable bonds is 8. The summed E-state index contributed by atoms with van der Waals surface area (Å²) in [5.41, 5.74) is 2.57. The van der Waals surface area contributed by atoms with Crippen molar-refractivity contribution in [2.75, 3.05) is 24.7 Å². The molecular formula is C22H28ClN3O5S. The number of unbranched alkanes of at least 4 members (excludes halogenated alkanes) is 1. The van der Waals surface area contributed by atoms with Gasteiger partial charge in [-0.1, -0.05) is 24.9 Å².